The normalized spacial score (nSPS) is 25.3. The Hall–Kier alpha value is -1.49. The molecule has 10 heteroatoms. The molecule has 8 nitrogen and oxygen atoms in total. The molecule has 1 aromatic carbocycles. The topological polar surface area (TPSA) is 113 Å². The Balaban J connectivity index is 1.55. The van der Waals surface area contributed by atoms with E-state index in [0.717, 1.165) is 18.4 Å². The number of nitrogens with zero attached hydrogens (tertiary/aromatic N) is 1. The van der Waals surface area contributed by atoms with E-state index in [4.69, 9.17) is 0 Å². The van der Waals surface area contributed by atoms with Gasteiger partial charge < -0.3 is 5.32 Å². The number of rotatable bonds is 6. The van der Waals surface area contributed by atoms with Crippen LogP contribution in [-0.4, -0.2) is 58.0 Å². The Morgan fingerprint density at radius 3 is 2.03 bits per heavy atom. The number of fused-ring (bicyclic) bond motifs is 2. The van der Waals surface area contributed by atoms with E-state index in [9.17, 15) is 21.6 Å². The van der Waals surface area contributed by atoms with Crippen molar-refractivity contribution in [1.29, 1.82) is 0 Å². The lowest BCUT2D eigenvalue weighted by atomic mass is 9.87. The third-order valence-electron chi connectivity index (χ3n) is 5.87. The van der Waals surface area contributed by atoms with Gasteiger partial charge in [-0.2, -0.15) is 4.31 Å². The fourth-order valence-corrected chi connectivity index (χ4v) is 6.90. The fraction of sp³-hybridized carbons (Fsp3) is 0.650. The molecule has 2 N–H and O–H groups in total. The highest BCUT2D eigenvalue weighted by Gasteiger charge is 2.45. The first-order valence-electron chi connectivity index (χ1n) is 10.2. The summed E-state index contributed by atoms with van der Waals surface area (Å²) in [5.41, 5.74) is 0.941. The highest BCUT2D eigenvalue weighted by atomic mass is 32.2. The number of hydrogen-bond donors (Lipinski definition) is 2. The van der Waals surface area contributed by atoms with Crippen molar-refractivity contribution < 1.29 is 21.6 Å². The van der Waals surface area contributed by atoms with Crippen molar-refractivity contribution in [1.82, 2.24) is 14.3 Å². The Labute approximate surface area is 179 Å². The van der Waals surface area contributed by atoms with Crippen LogP contribution < -0.4 is 10.0 Å². The minimum Gasteiger partial charge on any atom is -0.352 e. The Bertz CT molecular complexity index is 984. The highest BCUT2D eigenvalue weighted by molar-refractivity contribution is 7.89. The number of sulfonamides is 2. The van der Waals surface area contributed by atoms with Gasteiger partial charge in [0.1, 0.15) is 0 Å². The third kappa shape index (κ3) is 5.22. The van der Waals surface area contributed by atoms with Crippen LogP contribution in [0.1, 0.15) is 52.0 Å². The lowest BCUT2D eigenvalue weighted by Crippen LogP contribution is -2.53. The molecule has 2 bridgehead atoms. The molecule has 2 saturated heterocycles. The molecule has 30 heavy (non-hydrogen) atoms. The standard InChI is InChI=1S/C20H31N3O5S2/c1-20(2,3)14-5-9-18(10-6-14)30(27,28)21-13-19(24)22-15-11-16-7-8-17(12-15)23(16)29(4,25)26/h5-6,9-10,15-17,21H,7-8,11-13H2,1-4H3,(H,22,24). The SMILES string of the molecule is CC(C)(C)c1ccc(S(=O)(=O)NCC(=O)NC2CC3CCC(C2)N3S(C)(=O)=O)cc1. The second-order valence-corrected chi connectivity index (χ2v) is 13.0. The molecule has 2 unspecified atom stereocenters. The smallest absolute Gasteiger partial charge is 0.241 e. The van der Waals surface area contributed by atoms with Gasteiger partial charge in [0.05, 0.1) is 17.7 Å². The fourth-order valence-electron chi connectivity index (χ4n) is 4.45. The van der Waals surface area contributed by atoms with E-state index < -0.39 is 26.0 Å². The van der Waals surface area contributed by atoms with Crippen LogP contribution in [0.2, 0.25) is 0 Å². The van der Waals surface area contributed by atoms with E-state index in [1.54, 1.807) is 28.6 Å². The number of carbonyl (C=O) groups is 1. The van der Waals surface area contributed by atoms with Crippen LogP contribution >= 0.6 is 0 Å². The van der Waals surface area contributed by atoms with Crippen molar-refractivity contribution in [2.45, 2.75) is 74.9 Å². The zero-order valence-electron chi connectivity index (χ0n) is 17.9. The molecule has 0 spiro atoms. The van der Waals surface area contributed by atoms with Crippen molar-refractivity contribution >= 4 is 26.0 Å². The van der Waals surface area contributed by atoms with E-state index in [1.165, 1.54) is 6.26 Å². The van der Waals surface area contributed by atoms with Crippen LogP contribution in [-0.2, 0) is 30.3 Å². The number of nitrogens with one attached hydrogen (secondary N) is 2. The van der Waals surface area contributed by atoms with Gasteiger partial charge in [-0.3, -0.25) is 4.79 Å². The van der Waals surface area contributed by atoms with E-state index in [0.29, 0.717) is 12.8 Å². The zero-order valence-corrected chi connectivity index (χ0v) is 19.5. The predicted molar refractivity (Wildman–Crippen MR) is 115 cm³/mol. The van der Waals surface area contributed by atoms with Crippen molar-refractivity contribution in [3.63, 3.8) is 0 Å². The largest absolute Gasteiger partial charge is 0.352 e. The van der Waals surface area contributed by atoms with E-state index in [-0.39, 0.29) is 35.0 Å². The summed E-state index contributed by atoms with van der Waals surface area (Å²) in [5, 5.41) is 2.86. The molecule has 2 atom stereocenters. The average molecular weight is 458 g/mol. The predicted octanol–water partition coefficient (Wildman–Crippen LogP) is 1.33. The van der Waals surface area contributed by atoms with Gasteiger partial charge in [-0.1, -0.05) is 32.9 Å². The van der Waals surface area contributed by atoms with Crippen LogP contribution in [0.15, 0.2) is 29.2 Å². The molecule has 3 rings (SSSR count). The van der Waals surface area contributed by atoms with Crippen molar-refractivity contribution in [2.75, 3.05) is 12.8 Å². The van der Waals surface area contributed by atoms with Crippen LogP contribution in [0.4, 0.5) is 0 Å². The quantitative estimate of drug-likeness (QED) is 0.669. The molecule has 0 radical (unpaired) electrons. The maximum Gasteiger partial charge on any atom is 0.241 e. The van der Waals surface area contributed by atoms with Crippen LogP contribution in [0, 0.1) is 0 Å². The third-order valence-corrected chi connectivity index (χ3v) is 8.65. The van der Waals surface area contributed by atoms with Gasteiger partial charge in [0.25, 0.3) is 0 Å². The summed E-state index contributed by atoms with van der Waals surface area (Å²) in [6.07, 6.45) is 3.91. The Morgan fingerprint density at radius 1 is 1.03 bits per heavy atom. The number of carbonyl (C=O) groups excluding carboxylic acids is 1. The number of amides is 1. The summed E-state index contributed by atoms with van der Waals surface area (Å²) in [6, 6.07) is 6.30. The second-order valence-electron chi connectivity index (χ2n) is 9.31. The van der Waals surface area contributed by atoms with Gasteiger partial charge in [0, 0.05) is 18.1 Å². The van der Waals surface area contributed by atoms with Crippen molar-refractivity contribution in [3.05, 3.63) is 29.8 Å². The molecule has 0 aromatic heterocycles. The van der Waals surface area contributed by atoms with Crippen LogP contribution in [0.5, 0.6) is 0 Å². The second kappa shape index (κ2) is 8.22. The molecule has 0 aliphatic carbocycles. The van der Waals surface area contributed by atoms with Crippen molar-refractivity contribution in [3.8, 4) is 0 Å². The maximum atomic E-state index is 12.5. The van der Waals surface area contributed by atoms with Gasteiger partial charge in [0.15, 0.2) is 0 Å². The zero-order chi connectivity index (χ0) is 22.3. The molecule has 2 aliphatic heterocycles. The number of benzene rings is 1. The molecule has 2 heterocycles. The van der Waals surface area contributed by atoms with Gasteiger partial charge in [-0.05, 0) is 48.8 Å². The monoisotopic (exact) mass is 457 g/mol. The van der Waals surface area contributed by atoms with Crippen LogP contribution in [0.3, 0.4) is 0 Å². The van der Waals surface area contributed by atoms with E-state index in [1.807, 2.05) is 20.8 Å². The van der Waals surface area contributed by atoms with Gasteiger partial charge >= 0.3 is 0 Å². The first-order chi connectivity index (χ1) is 13.8. The minimum absolute atomic E-state index is 0.0816. The first-order valence-corrected chi connectivity index (χ1v) is 13.5. The maximum absolute atomic E-state index is 12.5. The molecule has 2 aliphatic rings. The summed E-state index contributed by atoms with van der Waals surface area (Å²) in [4.78, 5) is 12.4. The van der Waals surface area contributed by atoms with Gasteiger partial charge in [-0.25, -0.2) is 21.6 Å². The lowest BCUT2D eigenvalue weighted by Gasteiger charge is -2.37. The molecular weight excluding hydrogens is 426 g/mol. The molecule has 1 aromatic rings. The van der Waals surface area contributed by atoms with E-state index >= 15 is 0 Å². The van der Waals surface area contributed by atoms with Crippen molar-refractivity contribution in [2.24, 2.45) is 0 Å². The molecule has 168 valence electrons. The highest BCUT2D eigenvalue weighted by Crippen LogP contribution is 2.37. The summed E-state index contributed by atoms with van der Waals surface area (Å²) in [7, 11) is -7.05. The minimum atomic E-state index is -3.79. The lowest BCUT2D eigenvalue weighted by molar-refractivity contribution is -0.121. The summed E-state index contributed by atoms with van der Waals surface area (Å²) < 4.78 is 52.8. The summed E-state index contributed by atoms with van der Waals surface area (Å²) >= 11 is 0. The first kappa shape index (κ1) is 23.2. The Kier molecular flexibility index (Phi) is 6.35. The average Bonchev–Trinajstić information content (AvgIpc) is 2.92. The molecule has 2 fully saturated rings. The Morgan fingerprint density at radius 2 is 1.57 bits per heavy atom. The molecular formula is C20H31N3O5S2. The van der Waals surface area contributed by atoms with Crippen LogP contribution in [0.25, 0.3) is 0 Å². The van der Waals surface area contributed by atoms with Gasteiger partial charge in [0.2, 0.25) is 26.0 Å². The number of hydrogen-bond acceptors (Lipinski definition) is 5. The molecule has 0 saturated carbocycles. The van der Waals surface area contributed by atoms with E-state index in [2.05, 4.69) is 10.0 Å². The summed E-state index contributed by atoms with van der Waals surface area (Å²) in [6.45, 7) is 5.79. The molecule has 1 amide bonds. The summed E-state index contributed by atoms with van der Waals surface area (Å²) in [5.74, 6) is -0.415. The van der Waals surface area contributed by atoms with Gasteiger partial charge in [-0.15, -0.1) is 0 Å². The number of piperidine rings is 1.